The van der Waals surface area contributed by atoms with Crippen molar-refractivity contribution < 1.29 is 84.5 Å². The molecule has 77 heavy (non-hydrogen) atoms. The van der Waals surface area contributed by atoms with Crippen molar-refractivity contribution in [2.45, 2.75) is 234 Å². The van der Waals surface area contributed by atoms with E-state index in [9.17, 15) is 39.0 Å². The summed E-state index contributed by atoms with van der Waals surface area (Å²) >= 11 is 0.125. The molecular weight excluding hydrogens is 1050 g/mol. The first-order valence-corrected chi connectivity index (χ1v) is 27.6. The van der Waals surface area contributed by atoms with Gasteiger partial charge < -0.3 is 59.1 Å². The van der Waals surface area contributed by atoms with Crippen LogP contribution in [0.25, 0.3) is 0 Å². The summed E-state index contributed by atoms with van der Waals surface area (Å²) in [6.45, 7) is 33.0. The first-order chi connectivity index (χ1) is 34.6. The molecule has 0 amide bonds. The monoisotopic (exact) mass is 1160 g/mol. The fourth-order valence-electron chi connectivity index (χ4n) is 5.16. The van der Waals surface area contributed by atoms with Crippen molar-refractivity contribution in [3.63, 3.8) is 0 Å². The van der Waals surface area contributed by atoms with Crippen molar-refractivity contribution in [3.05, 3.63) is 11.5 Å². The van der Waals surface area contributed by atoms with Crippen molar-refractivity contribution in [2.75, 3.05) is 53.9 Å². The van der Waals surface area contributed by atoms with Crippen LogP contribution in [-0.2, 0) is 53.9 Å². The number of esters is 1. The molecule has 20 heteroatoms. The topological polar surface area (TPSA) is 293 Å². The molecule has 0 spiro atoms. The van der Waals surface area contributed by atoms with Crippen molar-refractivity contribution in [2.24, 2.45) is 33.5 Å². The zero-order chi connectivity index (χ0) is 60.3. The Morgan fingerprint density at radius 1 is 0.455 bits per heavy atom. The molecule has 0 aromatic heterocycles. The maximum atomic E-state index is 10.9. The Morgan fingerprint density at radius 3 is 0.818 bits per heavy atom. The number of carbonyl (C=O) groups excluding carboxylic acids is 2. The minimum absolute atomic E-state index is 0. The Hall–Kier alpha value is -1.64. The SMILES string of the molecule is C.CC(C)(CCCCOCCCCC(C)(C)C(=O)O)C(=O)O.CC(C)(CCCCOCCCCC(C)(C)C(=O)O)C(=O)[O-].CC(C)C(=O)O.CCCCCOCCCCC.COC(=O)C(C)C.COC([O-])=C(C)C.[Ca+2].[O]=[Ca]. The van der Waals surface area contributed by atoms with E-state index in [1.54, 1.807) is 96.9 Å². The van der Waals surface area contributed by atoms with Crippen LogP contribution in [0.1, 0.15) is 234 Å². The summed E-state index contributed by atoms with van der Waals surface area (Å²) in [5.74, 6) is -4.65. The van der Waals surface area contributed by atoms with Crippen LogP contribution >= 0.6 is 0 Å². The van der Waals surface area contributed by atoms with Gasteiger partial charge in [0.05, 0.1) is 35.2 Å². The summed E-state index contributed by atoms with van der Waals surface area (Å²) in [7, 11) is 2.76. The van der Waals surface area contributed by atoms with E-state index in [-0.39, 0.29) is 105 Å². The molecule has 0 aliphatic carbocycles. The number of aliphatic carboxylic acids is 5. The second-order valence-corrected chi connectivity index (χ2v) is 21.5. The van der Waals surface area contributed by atoms with Gasteiger partial charge in [0.2, 0.25) is 0 Å². The van der Waals surface area contributed by atoms with E-state index >= 15 is 0 Å². The van der Waals surface area contributed by atoms with Crippen molar-refractivity contribution >= 4 is 109 Å². The fourth-order valence-corrected chi connectivity index (χ4v) is 5.16. The number of rotatable bonds is 35. The number of hydrogen-bond donors (Lipinski definition) is 4. The van der Waals surface area contributed by atoms with E-state index in [2.05, 4.69) is 23.3 Å². The number of allylic oxidation sites excluding steroid dienone is 1. The third kappa shape index (κ3) is 70.4. The number of methoxy groups -OCH3 is 2. The van der Waals surface area contributed by atoms with Gasteiger partial charge in [-0.2, -0.15) is 0 Å². The van der Waals surface area contributed by atoms with Crippen LogP contribution in [0.15, 0.2) is 11.5 Å². The first-order valence-electron chi connectivity index (χ1n) is 26.7. The maximum absolute atomic E-state index is 10.9. The number of hydrogen-bond acceptors (Lipinski definition) is 14. The summed E-state index contributed by atoms with van der Waals surface area (Å²) < 4.78 is 33.5. The van der Waals surface area contributed by atoms with E-state index in [0.717, 1.165) is 64.6 Å². The third-order valence-electron chi connectivity index (χ3n) is 11.2. The molecule has 0 atom stereocenters. The number of carboxylic acid groups (broad SMARTS) is 5. The molecule has 0 unspecified atom stereocenters. The van der Waals surface area contributed by atoms with Gasteiger partial charge in [0.1, 0.15) is 0 Å². The quantitative estimate of drug-likeness (QED) is 0.0198. The standard InChI is InChI=1S/2C16H30O5.C10H22O.2C5H10O2.C4H8O2.CH4.2Ca.O/c2*1-15(2,13(17)18)9-5-7-11-21-12-8-6-10-16(3,4)14(19)20;1-3-5-7-9-11-10-8-6-4-2;2*1-4(2)5(6)7-3;1-3(2)4(5)6;;;;/h2*5-12H2,1-4H3,(H,17,18)(H,19,20);3-10H2,1-2H3;6H,1-3H3;4H,1-3H3;3H,1-2H3,(H,5,6);1H4;;;/q;;;;;;;;+2;/p-2. The summed E-state index contributed by atoms with van der Waals surface area (Å²) in [6, 6.07) is 0. The number of carbonyl (C=O) groups is 6. The van der Waals surface area contributed by atoms with E-state index < -0.39 is 51.5 Å². The van der Waals surface area contributed by atoms with E-state index in [0.29, 0.717) is 57.7 Å². The van der Waals surface area contributed by atoms with E-state index in [1.165, 1.54) is 52.7 Å². The predicted octanol–water partition coefficient (Wildman–Crippen LogP) is 10.7. The Morgan fingerprint density at radius 2 is 0.688 bits per heavy atom. The zero-order valence-electron chi connectivity index (χ0n) is 51.0. The van der Waals surface area contributed by atoms with Gasteiger partial charge in [-0.3, -0.25) is 24.0 Å². The van der Waals surface area contributed by atoms with Gasteiger partial charge in [-0.05, 0) is 127 Å². The Bertz CT molecular complexity index is 1320. The molecule has 0 bridgehead atoms. The molecule has 0 heterocycles. The predicted molar refractivity (Wildman–Crippen MR) is 304 cm³/mol. The molecular formula is C57H112Ca2O18. The number of ether oxygens (including phenoxy) is 5. The van der Waals surface area contributed by atoms with Crippen LogP contribution in [0.2, 0.25) is 0 Å². The van der Waals surface area contributed by atoms with Gasteiger partial charge in [-0.25, -0.2) is 0 Å². The van der Waals surface area contributed by atoms with Crippen molar-refractivity contribution in [3.8, 4) is 0 Å². The molecule has 452 valence electrons. The van der Waals surface area contributed by atoms with Gasteiger partial charge in [0.15, 0.2) is 0 Å². The average Bonchev–Trinajstić information content (AvgIpc) is 3.33. The first kappa shape index (κ1) is 94.6. The molecule has 0 aliphatic rings. The average molecular weight is 1170 g/mol. The van der Waals surface area contributed by atoms with Crippen molar-refractivity contribution in [1.82, 2.24) is 0 Å². The molecule has 0 rings (SSSR count). The van der Waals surface area contributed by atoms with Crippen LogP contribution in [0.4, 0.5) is 0 Å². The Balaban J connectivity index is -0.000000109. The molecule has 4 N–H and O–H groups in total. The van der Waals surface area contributed by atoms with Crippen molar-refractivity contribution in [1.29, 1.82) is 0 Å². The molecule has 0 aromatic carbocycles. The minimum atomic E-state index is -1.01. The number of carboxylic acids is 5. The number of unbranched alkanes of at least 4 members (excludes halogenated alkanes) is 8. The van der Waals surface area contributed by atoms with Gasteiger partial charge in [0, 0.05) is 57.0 Å². The summed E-state index contributed by atoms with van der Waals surface area (Å²) in [5.41, 5.74) is -2.09. The summed E-state index contributed by atoms with van der Waals surface area (Å²) in [4.78, 5) is 63.5. The van der Waals surface area contributed by atoms with Crippen LogP contribution in [-0.4, -0.2) is 184 Å². The normalized spacial score (nSPS) is 10.6. The third-order valence-corrected chi connectivity index (χ3v) is 11.2. The molecule has 0 saturated heterocycles. The van der Waals surface area contributed by atoms with Gasteiger partial charge in [-0.15, -0.1) is 0 Å². The van der Waals surface area contributed by atoms with E-state index in [1.807, 2.05) is 0 Å². The van der Waals surface area contributed by atoms with Crippen LogP contribution < -0.4 is 10.2 Å². The molecule has 18 nitrogen and oxygen atoms in total. The zero-order valence-corrected chi connectivity index (χ0v) is 55.5. The Kier molecular flexibility index (Phi) is 74.3. The van der Waals surface area contributed by atoms with Crippen LogP contribution in [0.5, 0.6) is 0 Å². The van der Waals surface area contributed by atoms with E-state index in [4.69, 9.17) is 36.1 Å². The molecule has 0 aromatic rings. The molecule has 0 saturated carbocycles. The Labute approximate surface area is 522 Å². The van der Waals surface area contributed by atoms with Gasteiger partial charge in [-0.1, -0.05) is 120 Å². The fraction of sp³-hybridized carbons (Fsp3) is 0.860. The van der Waals surface area contributed by atoms with Gasteiger partial charge in [0.25, 0.3) is 0 Å². The molecule has 0 fully saturated rings. The molecule has 0 aliphatic heterocycles. The van der Waals surface area contributed by atoms with Crippen LogP contribution in [0.3, 0.4) is 0 Å². The van der Waals surface area contributed by atoms with Gasteiger partial charge >= 0.3 is 105 Å². The summed E-state index contributed by atoms with van der Waals surface area (Å²) in [6.07, 6.45) is 16.9. The second kappa shape index (κ2) is 60.5. The molecule has 0 radical (unpaired) electrons. The van der Waals surface area contributed by atoms with Crippen LogP contribution in [0, 0.1) is 33.5 Å². The second-order valence-electron chi connectivity index (χ2n) is 21.5. The summed E-state index contributed by atoms with van der Waals surface area (Å²) in [5, 5.41) is 56.0.